The van der Waals surface area contributed by atoms with Crippen LogP contribution in [0, 0.1) is 12.3 Å². The summed E-state index contributed by atoms with van der Waals surface area (Å²) in [6.07, 6.45) is 3.94. The largest absolute Gasteiger partial charge is 0.355 e. The molecule has 0 aliphatic carbocycles. The van der Waals surface area contributed by atoms with Crippen molar-refractivity contribution in [3.05, 3.63) is 17.8 Å². The molecule has 17 heavy (non-hydrogen) atoms. The average molecular weight is 232 g/mol. The summed E-state index contributed by atoms with van der Waals surface area (Å²) in [5.74, 6) is 1.04. The highest BCUT2D eigenvalue weighted by Gasteiger charge is 2.38. The molecule has 0 saturated carbocycles. The first-order chi connectivity index (χ1) is 8.27. The maximum atomic E-state index is 4.31. The third-order valence-electron chi connectivity index (χ3n) is 4.10. The van der Waals surface area contributed by atoms with E-state index >= 15 is 0 Å². The zero-order chi connectivity index (χ0) is 11.7. The Morgan fingerprint density at radius 2 is 2.24 bits per heavy atom. The molecule has 2 aliphatic heterocycles. The van der Waals surface area contributed by atoms with Gasteiger partial charge in [0.05, 0.1) is 5.69 Å². The van der Waals surface area contributed by atoms with Gasteiger partial charge in [-0.05, 0) is 44.9 Å². The second-order valence-corrected chi connectivity index (χ2v) is 5.48. The molecule has 0 radical (unpaired) electrons. The maximum absolute atomic E-state index is 4.31. The molecule has 92 valence electrons. The zero-order valence-corrected chi connectivity index (χ0v) is 10.4. The highest BCUT2D eigenvalue weighted by molar-refractivity contribution is 5.38. The fourth-order valence-corrected chi connectivity index (χ4v) is 3.11. The molecule has 1 spiro atoms. The number of hydrogen-bond acceptors (Lipinski definition) is 4. The van der Waals surface area contributed by atoms with Gasteiger partial charge in [-0.1, -0.05) is 0 Å². The van der Waals surface area contributed by atoms with Gasteiger partial charge in [0.1, 0.15) is 0 Å². The van der Waals surface area contributed by atoms with Crippen molar-refractivity contribution in [3.8, 4) is 0 Å². The van der Waals surface area contributed by atoms with Gasteiger partial charge in [-0.2, -0.15) is 5.10 Å². The fraction of sp³-hybridized carbons (Fsp3) is 0.692. The van der Waals surface area contributed by atoms with E-state index in [0.717, 1.165) is 24.6 Å². The topological polar surface area (TPSA) is 41.0 Å². The summed E-state index contributed by atoms with van der Waals surface area (Å²) >= 11 is 0. The minimum Gasteiger partial charge on any atom is -0.355 e. The summed E-state index contributed by atoms with van der Waals surface area (Å²) in [4.78, 5) is 2.41. The highest BCUT2D eigenvalue weighted by atomic mass is 15.3. The summed E-state index contributed by atoms with van der Waals surface area (Å²) in [6, 6.07) is 4.15. The van der Waals surface area contributed by atoms with Gasteiger partial charge in [-0.15, -0.1) is 5.10 Å². The summed E-state index contributed by atoms with van der Waals surface area (Å²) in [5, 5.41) is 12.0. The molecule has 4 nitrogen and oxygen atoms in total. The van der Waals surface area contributed by atoms with Crippen LogP contribution in [0.3, 0.4) is 0 Å². The molecule has 1 atom stereocenters. The van der Waals surface area contributed by atoms with Gasteiger partial charge in [0.25, 0.3) is 0 Å². The van der Waals surface area contributed by atoms with E-state index < -0.39 is 0 Å². The van der Waals surface area contributed by atoms with Crippen molar-refractivity contribution in [2.45, 2.75) is 26.2 Å². The van der Waals surface area contributed by atoms with E-state index in [1.165, 1.54) is 32.4 Å². The number of piperidine rings is 1. The number of anilines is 1. The lowest BCUT2D eigenvalue weighted by atomic mass is 9.79. The van der Waals surface area contributed by atoms with Gasteiger partial charge in [-0.3, -0.25) is 0 Å². The van der Waals surface area contributed by atoms with E-state index in [2.05, 4.69) is 32.5 Å². The molecule has 0 amide bonds. The number of aromatic nitrogens is 2. The van der Waals surface area contributed by atoms with Crippen LogP contribution in [-0.2, 0) is 0 Å². The first-order valence-electron chi connectivity index (χ1n) is 6.54. The van der Waals surface area contributed by atoms with Gasteiger partial charge in [0, 0.05) is 25.0 Å². The minimum atomic E-state index is 0.491. The van der Waals surface area contributed by atoms with Gasteiger partial charge in [-0.25, -0.2) is 0 Å². The predicted molar refractivity (Wildman–Crippen MR) is 68.1 cm³/mol. The quantitative estimate of drug-likeness (QED) is 0.794. The Morgan fingerprint density at radius 1 is 1.29 bits per heavy atom. The summed E-state index contributed by atoms with van der Waals surface area (Å²) in [7, 11) is 0. The Hall–Kier alpha value is -1.16. The molecular weight excluding hydrogens is 212 g/mol. The number of nitrogens with zero attached hydrogens (tertiary/aromatic N) is 3. The molecule has 1 unspecified atom stereocenters. The van der Waals surface area contributed by atoms with E-state index in [1.54, 1.807) is 0 Å². The lowest BCUT2D eigenvalue weighted by Gasteiger charge is -2.40. The maximum Gasteiger partial charge on any atom is 0.151 e. The number of aryl methyl sites for hydroxylation is 1. The van der Waals surface area contributed by atoms with E-state index in [0.29, 0.717) is 5.41 Å². The Kier molecular flexibility index (Phi) is 2.74. The SMILES string of the molecule is Cc1ccc(N2CCCC3(CCNC3)C2)nn1. The molecule has 4 heteroatoms. The third-order valence-corrected chi connectivity index (χ3v) is 4.10. The van der Waals surface area contributed by atoms with Crippen LogP contribution in [0.15, 0.2) is 12.1 Å². The second-order valence-electron chi connectivity index (χ2n) is 5.48. The van der Waals surface area contributed by atoms with Crippen LogP contribution in [0.5, 0.6) is 0 Å². The van der Waals surface area contributed by atoms with Crippen LogP contribution >= 0.6 is 0 Å². The van der Waals surface area contributed by atoms with Crippen LogP contribution in [-0.4, -0.2) is 36.4 Å². The first kappa shape index (κ1) is 11.0. The average Bonchev–Trinajstić information content (AvgIpc) is 2.78. The van der Waals surface area contributed by atoms with E-state index in [1.807, 2.05) is 6.92 Å². The highest BCUT2D eigenvalue weighted by Crippen LogP contribution is 2.36. The van der Waals surface area contributed by atoms with E-state index in [9.17, 15) is 0 Å². The molecule has 0 bridgehead atoms. The van der Waals surface area contributed by atoms with Crippen molar-refractivity contribution >= 4 is 5.82 Å². The molecule has 2 saturated heterocycles. The minimum absolute atomic E-state index is 0.491. The lowest BCUT2D eigenvalue weighted by Crippen LogP contribution is -2.44. The van der Waals surface area contributed by atoms with Gasteiger partial charge >= 0.3 is 0 Å². The zero-order valence-electron chi connectivity index (χ0n) is 10.4. The molecule has 1 aromatic heterocycles. The van der Waals surface area contributed by atoms with Crippen molar-refractivity contribution < 1.29 is 0 Å². The second kappa shape index (κ2) is 4.26. The van der Waals surface area contributed by atoms with E-state index in [4.69, 9.17) is 0 Å². The summed E-state index contributed by atoms with van der Waals surface area (Å²) in [6.45, 7) is 6.59. The number of hydrogen-bond donors (Lipinski definition) is 1. The lowest BCUT2D eigenvalue weighted by molar-refractivity contribution is 0.260. The summed E-state index contributed by atoms with van der Waals surface area (Å²) < 4.78 is 0. The number of nitrogens with one attached hydrogen (secondary N) is 1. The molecule has 2 fully saturated rings. The van der Waals surface area contributed by atoms with Crippen LogP contribution in [0.4, 0.5) is 5.82 Å². The van der Waals surface area contributed by atoms with Crippen LogP contribution < -0.4 is 10.2 Å². The van der Waals surface area contributed by atoms with Crippen molar-refractivity contribution in [3.63, 3.8) is 0 Å². The van der Waals surface area contributed by atoms with Crippen LogP contribution in [0.2, 0.25) is 0 Å². The first-order valence-corrected chi connectivity index (χ1v) is 6.54. The van der Waals surface area contributed by atoms with Crippen molar-refractivity contribution in [1.82, 2.24) is 15.5 Å². The van der Waals surface area contributed by atoms with Crippen molar-refractivity contribution in [2.75, 3.05) is 31.1 Å². The van der Waals surface area contributed by atoms with Crippen molar-refractivity contribution in [1.29, 1.82) is 0 Å². The molecule has 0 aromatic carbocycles. The Bertz CT molecular complexity index is 381. The third kappa shape index (κ3) is 2.14. The smallest absolute Gasteiger partial charge is 0.151 e. The van der Waals surface area contributed by atoms with E-state index in [-0.39, 0.29) is 0 Å². The van der Waals surface area contributed by atoms with Gasteiger partial charge in [0.15, 0.2) is 5.82 Å². The monoisotopic (exact) mass is 232 g/mol. The molecule has 3 rings (SSSR count). The normalized spacial score (nSPS) is 28.9. The molecule has 3 heterocycles. The Labute approximate surface area is 102 Å². The predicted octanol–water partition coefficient (Wildman–Crippen LogP) is 1.36. The summed E-state index contributed by atoms with van der Waals surface area (Å²) in [5.41, 5.74) is 1.48. The molecule has 1 N–H and O–H groups in total. The van der Waals surface area contributed by atoms with Gasteiger partial charge in [0.2, 0.25) is 0 Å². The molecular formula is C13H20N4. The van der Waals surface area contributed by atoms with Gasteiger partial charge < -0.3 is 10.2 Å². The van der Waals surface area contributed by atoms with Crippen LogP contribution in [0.25, 0.3) is 0 Å². The standard InChI is InChI=1S/C13H20N4/c1-11-3-4-12(16-15-11)17-8-2-5-13(10-17)6-7-14-9-13/h3-4,14H,2,5-10H2,1H3. The Balaban J connectivity index is 1.77. The Morgan fingerprint density at radius 3 is 2.94 bits per heavy atom. The number of rotatable bonds is 1. The molecule has 2 aliphatic rings. The van der Waals surface area contributed by atoms with Crippen LogP contribution in [0.1, 0.15) is 25.0 Å². The fourth-order valence-electron chi connectivity index (χ4n) is 3.11. The van der Waals surface area contributed by atoms with Crippen molar-refractivity contribution in [2.24, 2.45) is 5.41 Å². The molecule has 1 aromatic rings.